The molecule has 1 aliphatic heterocycles. The molecule has 3 nitrogen and oxygen atoms in total. The van der Waals surface area contributed by atoms with Gasteiger partial charge in [-0.05, 0) is 50.3 Å². The topological polar surface area (TPSA) is 50.4 Å². The number of piperidine rings is 1. The second-order valence-electron chi connectivity index (χ2n) is 5.08. The lowest BCUT2D eigenvalue weighted by molar-refractivity contribution is 0.199. The third kappa shape index (κ3) is 2.33. The van der Waals surface area contributed by atoms with Crippen LogP contribution in [0.3, 0.4) is 0 Å². The smallest absolute Gasteiger partial charge is 0.115 e. The molecule has 0 radical (unpaired) electrons. The van der Waals surface area contributed by atoms with E-state index in [1.54, 1.807) is 0 Å². The molecule has 1 heterocycles. The van der Waals surface area contributed by atoms with Gasteiger partial charge >= 0.3 is 0 Å². The van der Waals surface area contributed by atoms with Gasteiger partial charge in [0, 0.05) is 11.8 Å². The number of hydrogen-bond acceptors (Lipinski definition) is 3. The van der Waals surface area contributed by atoms with Crippen LogP contribution in [-0.4, -0.2) is 24.8 Å². The summed E-state index contributed by atoms with van der Waals surface area (Å²) in [5.41, 5.74) is 8.11. The number of nitrogens with one attached hydrogen (secondary N) is 1. The van der Waals surface area contributed by atoms with Gasteiger partial charge in [0.05, 0.1) is 6.20 Å². The van der Waals surface area contributed by atoms with Crippen LogP contribution < -0.4 is 11.1 Å². The Morgan fingerprint density at radius 1 is 1.59 bits per heavy atom. The SMILES string of the molecule is C=C1/C(=N\C=C(/C)F)CC2(CCNCC2)[C@@H]1N. The molecule has 2 rings (SSSR count). The van der Waals surface area contributed by atoms with Gasteiger partial charge in [0.15, 0.2) is 0 Å². The van der Waals surface area contributed by atoms with Crippen LogP contribution in [-0.2, 0) is 0 Å². The average molecular weight is 237 g/mol. The Kier molecular flexibility index (Phi) is 3.45. The normalized spacial score (nSPS) is 31.5. The van der Waals surface area contributed by atoms with Crippen molar-refractivity contribution in [2.24, 2.45) is 16.1 Å². The molecule has 0 aromatic carbocycles. The highest BCUT2D eigenvalue weighted by molar-refractivity contribution is 6.04. The Balaban J connectivity index is 2.22. The van der Waals surface area contributed by atoms with Crippen LogP contribution in [0, 0.1) is 5.41 Å². The van der Waals surface area contributed by atoms with Crippen molar-refractivity contribution < 1.29 is 4.39 Å². The summed E-state index contributed by atoms with van der Waals surface area (Å²) in [6.45, 7) is 7.39. The summed E-state index contributed by atoms with van der Waals surface area (Å²) in [4.78, 5) is 4.18. The predicted molar refractivity (Wildman–Crippen MR) is 68.6 cm³/mol. The van der Waals surface area contributed by atoms with E-state index in [1.165, 1.54) is 13.1 Å². The first-order valence-electron chi connectivity index (χ1n) is 6.10. The predicted octanol–water partition coefficient (Wildman–Crippen LogP) is 1.92. The molecule has 4 heteroatoms. The summed E-state index contributed by atoms with van der Waals surface area (Å²) >= 11 is 0. The zero-order chi connectivity index (χ0) is 12.5. The van der Waals surface area contributed by atoms with Crippen LogP contribution in [0.5, 0.6) is 0 Å². The van der Waals surface area contributed by atoms with Crippen LogP contribution in [0.15, 0.2) is 29.2 Å². The first-order chi connectivity index (χ1) is 8.05. The van der Waals surface area contributed by atoms with Gasteiger partial charge in [-0.15, -0.1) is 0 Å². The molecule has 0 aromatic rings. The lowest BCUT2D eigenvalue weighted by atomic mass is 9.74. The van der Waals surface area contributed by atoms with Gasteiger partial charge in [-0.2, -0.15) is 0 Å². The van der Waals surface area contributed by atoms with Crippen LogP contribution >= 0.6 is 0 Å². The number of allylic oxidation sites excluding steroid dienone is 1. The fraction of sp³-hybridized carbons (Fsp3) is 0.615. The van der Waals surface area contributed by atoms with Gasteiger partial charge in [0.2, 0.25) is 0 Å². The zero-order valence-corrected chi connectivity index (χ0v) is 10.3. The van der Waals surface area contributed by atoms with Crippen LogP contribution in [0.25, 0.3) is 0 Å². The minimum atomic E-state index is -0.287. The number of hydrogen-bond donors (Lipinski definition) is 2. The van der Waals surface area contributed by atoms with Gasteiger partial charge in [-0.25, -0.2) is 4.39 Å². The van der Waals surface area contributed by atoms with E-state index < -0.39 is 0 Å². The molecule has 1 spiro atoms. The number of rotatable bonds is 1. The first-order valence-corrected chi connectivity index (χ1v) is 6.10. The summed E-state index contributed by atoms with van der Waals surface area (Å²) in [6, 6.07) is -0.0309. The monoisotopic (exact) mass is 237 g/mol. The van der Waals surface area contributed by atoms with E-state index in [1.807, 2.05) is 0 Å². The van der Waals surface area contributed by atoms with E-state index in [-0.39, 0.29) is 17.3 Å². The van der Waals surface area contributed by atoms with Crippen molar-refractivity contribution in [1.29, 1.82) is 0 Å². The highest BCUT2D eigenvalue weighted by Crippen LogP contribution is 2.44. The van der Waals surface area contributed by atoms with Crippen molar-refractivity contribution in [2.75, 3.05) is 13.1 Å². The van der Waals surface area contributed by atoms with Crippen molar-refractivity contribution in [3.05, 3.63) is 24.2 Å². The fourth-order valence-corrected chi connectivity index (χ4v) is 2.81. The maximum atomic E-state index is 12.7. The number of nitrogens with zero attached hydrogens (tertiary/aromatic N) is 1. The lowest BCUT2D eigenvalue weighted by Gasteiger charge is -2.37. The minimum Gasteiger partial charge on any atom is -0.323 e. The number of halogens is 1. The molecule has 1 aliphatic carbocycles. The molecule has 0 bridgehead atoms. The number of aliphatic imine (C=N–C) groups is 1. The summed E-state index contributed by atoms with van der Waals surface area (Å²) < 4.78 is 12.7. The van der Waals surface area contributed by atoms with Crippen molar-refractivity contribution in [3.8, 4) is 0 Å². The summed E-state index contributed by atoms with van der Waals surface area (Å²) in [5, 5.41) is 3.34. The van der Waals surface area contributed by atoms with Gasteiger partial charge in [0.1, 0.15) is 5.83 Å². The standard InChI is InChI=1S/C13H20FN3/c1-9(14)8-17-11-7-13(12(15)10(11)2)3-5-16-6-4-13/h8,12,16H,2-7,15H2,1H3/b9-8+,17-11-/t12-/m1/s1. The Bertz CT molecular complexity index is 374. The van der Waals surface area contributed by atoms with Crippen LogP contribution in [0.1, 0.15) is 26.2 Å². The van der Waals surface area contributed by atoms with Crippen LogP contribution in [0.4, 0.5) is 4.39 Å². The molecule has 17 heavy (non-hydrogen) atoms. The molecule has 2 aliphatic rings. The lowest BCUT2D eigenvalue weighted by Crippen LogP contribution is -2.45. The van der Waals surface area contributed by atoms with Crippen molar-refractivity contribution in [2.45, 2.75) is 32.2 Å². The van der Waals surface area contributed by atoms with Crippen molar-refractivity contribution in [3.63, 3.8) is 0 Å². The second-order valence-corrected chi connectivity index (χ2v) is 5.08. The highest BCUT2D eigenvalue weighted by atomic mass is 19.1. The molecule has 94 valence electrons. The third-order valence-corrected chi connectivity index (χ3v) is 3.92. The van der Waals surface area contributed by atoms with E-state index in [0.29, 0.717) is 0 Å². The van der Waals surface area contributed by atoms with Crippen molar-refractivity contribution >= 4 is 5.71 Å². The Morgan fingerprint density at radius 2 is 2.24 bits per heavy atom. The molecule has 0 amide bonds. The van der Waals surface area contributed by atoms with E-state index in [9.17, 15) is 4.39 Å². The molecular weight excluding hydrogens is 217 g/mol. The Morgan fingerprint density at radius 3 is 2.82 bits per heavy atom. The molecule has 2 fully saturated rings. The largest absolute Gasteiger partial charge is 0.323 e. The summed E-state index contributed by atoms with van der Waals surface area (Å²) in [6.07, 6.45) is 4.18. The quantitative estimate of drug-likeness (QED) is 0.732. The average Bonchev–Trinajstić information content (AvgIpc) is 2.53. The summed E-state index contributed by atoms with van der Waals surface area (Å²) in [5.74, 6) is -0.287. The Labute approximate surface area is 102 Å². The molecular formula is C13H20FN3. The maximum absolute atomic E-state index is 12.7. The van der Waals surface area contributed by atoms with E-state index in [2.05, 4.69) is 16.9 Å². The highest BCUT2D eigenvalue weighted by Gasteiger charge is 2.46. The van der Waals surface area contributed by atoms with E-state index in [4.69, 9.17) is 5.73 Å². The molecule has 1 saturated carbocycles. The zero-order valence-electron chi connectivity index (χ0n) is 10.3. The molecule has 1 atom stereocenters. The van der Waals surface area contributed by atoms with Crippen molar-refractivity contribution in [1.82, 2.24) is 5.32 Å². The van der Waals surface area contributed by atoms with Gasteiger partial charge in [-0.3, -0.25) is 4.99 Å². The number of nitrogens with two attached hydrogens (primary N) is 1. The molecule has 0 unspecified atom stereocenters. The van der Waals surface area contributed by atoms with E-state index in [0.717, 1.165) is 43.6 Å². The molecule has 3 N–H and O–H groups in total. The Hall–Kier alpha value is -1.00. The van der Waals surface area contributed by atoms with Crippen LogP contribution in [0.2, 0.25) is 0 Å². The first kappa shape index (κ1) is 12.5. The molecule has 0 aromatic heterocycles. The fourth-order valence-electron chi connectivity index (χ4n) is 2.81. The summed E-state index contributed by atoms with van der Waals surface area (Å²) in [7, 11) is 0. The second kappa shape index (κ2) is 4.70. The molecule has 1 saturated heterocycles. The van der Waals surface area contributed by atoms with E-state index >= 15 is 0 Å². The minimum absolute atomic E-state index is 0.0309. The third-order valence-electron chi connectivity index (χ3n) is 3.92. The maximum Gasteiger partial charge on any atom is 0.115 e. The van der Waals surface area contributed by atoms with Gasteiger partial charge in [0.25, 0.3) is 0 Å². The van der Waals surface area contributed by atoms with Gasteiger partial charge < -0.3 is 11.1 Å². The van der Waals surface area contributed by atoms with Gasteiger partial charge in [-0.1, -0.05) is 6.58 Å².